The molecule has 1 aromatic carbocycles. The van der Waals surface area contributed by atoms with E-state index in [1.54, 1.807) is 17.9 Å². The average Bonchev–Trinajstić information content (AvgIpc) is 2.86. The van der Waals surface area contributed by atoms with Gasteiger partial charge in [0.2, 0.25) is 0 Å². The molecule has 0 radical (unpaired) electrons. The second kappa shape index (κ2) is 5.14. The molecule has 0 bridgehead atoms. The SMILES string of the molecule is CNC#Cc1ccc(-n2cc(CO)nn2)cc1. The van der Waals surface area contributed by atoms with E-state index in [0.717, 1.165) is 11.3 Å². The van der Waals surface area contributed by atoms with Gasteiger partial charge in [0.15, 0.2) is 0 Å². The standard InChI is InChI=1S/C12H12N4O/c1-13-7-6-10-2-4-12(5-3-10)16-8-11(9-17)14-15-16/h2-5,8,13,17H,9H2,1H3. The lowest BCUT2D eigenvalue weighted by molar-refractivity contribution is 0.276. The lowest BCUT2D eigenvalue weighted by Crippen LogP contribution is -1.95. The van der Waals surface area contributed by atoms with Gasteiger partial charge in [-0.05, 0) is 30.2 Å². The summed E-state index contributed by atoms with van der Waals surface area (Å²) in [7, 11) is 1.77. The summed E-state index contributed by atoms with van der Waals surface area (Å²) in [5.74, 6) is 2.94. The molecule has 0 spiro atoms. The minimum absolute atomic E-state index is 0.105. The molecule has 0 saturated carbocycles. The molecule has 1 aromatic heterocycles. The molecule has 2 rings (SSSR count). The maximum Gasteiger partial charge on any atom is 0.109 e. The largest absolute Gasteiger partial charge is 0.390 e. The average molecular weight is 228 g/mol. The van der Waals surface area contributed by atoms with Crippen LogP contribution in [-0.4, -0.2) is 27.1 Å². The van der Waals surface area contributed by atoms with E-state index >= 15 is 0 Å². The van der Waals surface area contributed by atoms with Crippen molar-refractivity contribution in [2.24, 2.45) is 0 Å². The highest BCUT2D eigenvalue weighted by Gasteiger charge is 2.00. The number of hydrogen-bond acceptors (Lipinski definition) is 4. The Balaban J connectivity index is 2.22. The van der Waals surface area contributed by atoms with E-state index in [-0.39, 0.29) is 6.61 Å². The summed E-state index contributed by atoms with van der Waals surface area (Å²) in [6.45, 7) is -0.105. The van der Waals surface area contributed by atoms with Gasteiger partial charge in [-0.25, -0.2) is 4.68 Å². The van der Waals surface area contributed by atoms with Crippen molar-refractivity contribution >= 4 is 0 Å². The van der Waals surface area contributed by atoms with Crippen LogP contribution < -0.4 is 5.32 Å². The van der Waals surface area contributed by atoms with E-state index in [0.29, 0.717) is 5.69 Å². The molecule has 0 fully saturated rings. The number of benzene rings is 1. The highest BCUT2D eigenvalue weighted by molar-refractivity contribution is 5.41. The molecule has 5 heteroatoms. The van der Waals surface area contributed by atoms with Gasteiger partial charge >= 0.3 is 0 Å². The first-order valence-electron chi connectivity index (χ1n) is 5.14. The first kappa shape index (κ1) is 11.2. The Kier molecular flexibility index (Phi) is 3.38. The Morgan fingerprint density at radius 3 is 2.71 bits per heavy atom. The molecule has 86 valence electrons. The molecule has 0 atom stereocenters. The minimum Gasteiger partial charge on any atom is -0.390 e. The molecule has 0 aliphatic rings. The van der Waals surface area contributed by atoms with E-state index in [1.165, 1.54) is 0 Å². The van der Waals surface area contributed by atoms with Crippen molar-refractivity contribution in [1.29, 1.82) is 0 Å². The lowest BCUT2D eigenvalue weighted by atomic mass is 10.2. The number of aromatic nitrogens is 3. The van der Waals surface area contributed by atoms with Crippen molar-refractivity contribution in [3.05, 3.63) is 41.7 Å². The normalized spacial score (nSPS) is 9.53. The van der Waals surface area contributed by atoms with Crippen molar-refractivity contribution in [3.8, 4) is 17.7 Å². The van der Waals surface area contributed by atoms with Crippen molar-refractivity contribution in [2.45, 2.75) is 6.61 Å². The number of rotatable bonds is 2. The zero-order chi connectivity index (χ0) is 12.1. The van der Waals surface area contributed by atoms with E-state index < -0.39 is 0 Å². The number of nitrogens with zero attached hydrogens (tertiary/aromatic N) is 3. The minimum atomic E-state index is -0.105. The van der Waals surface area contributed by atoms with Crippen LogP contribution in [0.4, 0.5) is 0 Å². The highest BCUT2D eigenvalue weighted by Crippen LogP contribution is 2.08. The smallest absolute Gasteiger partial charge is 0.109 e. The Morgan fingerprint density at radius 1 is 1.35 bits per heavy atom. The molecule has 0 amide bonds. The maximum absolute atomic E-state index is 8.90. The predicted octanol–water partition coefficient (Wildman–Crippen LogP) is 0.288. The molecule has 0 aliphatic carbocycles. The molecular formula is C12H12N4O. The summed E-state index contributed by atoms with van der Waals surface area (Å²) in [6, 6.07) is 10.4. The van der Waals surface area contributed by atoms with E-state index in [9.17, 15) is 0 Å². The Morgan fingerprint density at radius 2 is 2.12 bits per heavy atom. The van der Waals surface area contributed by atoms with Gasteiger partial charge in [0.05, 0.1) is 18.5 Å². The van der Waals surface area contributed by atoms with Gasteiger partial charge in [-0.2, -0.15) is 0 Å². The van der Waals surface area contributed by atoms with Gasteiger partial charge < -0.3 is 10.4 Å². The predicted molar refractivity (Wildman–Crippen MR) is 63.2 cm³/mol. The van der Waals surface area contributed by atoms with Crippen LogP contribution in [0.2, 0.25) is 0 Å². The molecule has 17 heavy (non-hydrogen) atoms. The highest BCUT2D eigenvalue weighted by atomic mass is 16.3. The van der Waals surface area contributed by atoms with Gasteiger partial charge in [0, 0.05) is 18.7 Å². The summed E-state index contributed by atoms with van der Waals surface area (Å²) < 4.78 is 1.61. The van der Waals surface area contributed by atoms with Crippen molar-refractivity contribution in [2.75, 3.05) is 7.05 Å². The van der Waals surface area contributed by atoms with Crippen molar-refractivity contribution in [3.63, 3.8) is 0 Å². The van der Waals surface area contributed by atoms with Crippen molar-refractivity contribution < 1.29 is 5.11 Å². The molecular weight excluding hydrogens is 216 g/mol. The first-order valence-corrected chi connectivity index (χ1v) is 5.14. The van der Waals surface area contributed by atoms with Crippen LogP contribution in [0, 0.1) is 12.0 Å². The molecule has 2 N–H and O–H groups in total. The van der Waals surface area contributed by atoms with Crippen LogP contribution in [0.3, 0.4) is 0 Å². The van der Waals surface area contributed by atoms with Crippen LogP contribution in [0.25, 0.3) is 5.69 Å². The van der Waals surface area contributed by atoms with Gasteiger partial charge in [0.1, 0.15) is 5.69 Å². The Hall–Kier alpha value is -2.32. The van der Waals surface area contributed by atoms with Crippen LogP contribution in [0.5, 0.6) is 0 Å². The monoisotopic (exact) mass is 228 g/mol. The lowest BCUT2D eigenvalue weighted by Gasteiger charge is -1.99. The van der Waals surface area contributed by atoms with E-state index in [1.807, 2.05) is 24.3 Å². The van der Waals surface area contributed by atoms with Crippen LogP contribution in [0.1, 0.15) is 11.3 Å². The third-order valence-electron chi connectivity index (χ3n) is 2.17. The summed E-state index contributed by atoms with van der Waals surface area (Å²) in [5, 5.41) is 19.4. The van der Waals surface area contributed by atoms with Gasteiger partial charge in [-0.3, -0.25) is 0 Å². The molecule has 5 nitrogen and oxygen atoms in total. The van der Waals surface area contributed by atoms with Gasteiger partial charge in [0.25, 0.3) is 0 Å². The molecule has 2 aromatic rings. The molecule has 0 saturated heterocycles. The molecule has 0 unspecified atom stereocenters. The first-order chi connectivity index (χ1) is 8.33. The summed E-state index contributed by atoms with van der Waals surface area (Å²) >= 11 is 0. The van der Waals surface area contributed by atoms with Gasteiger partial charge in [-0.15, -0.1) is 5.10 Å². The second-order valence-corrected chi connectivity index (χ2v) is 3.36. The number of nitrogens with one attached hydrogen (secondary N) is 1. The molecule has 0 aliphatic heterocycles. The summed E-state index contributed by atoms with van der Waals surface area (Å²) in [6.07, 6.45) is 1.69. The van der Waals surface area contributed by atoms with E-state index in [4.69, 9.17) is 5.11 Å². The number of hydrogen-bond donors (Lipinski definition) is 2. The fourth-order valence-corrected chi connectivity index (χ4v) is 1.33. The third-order valence-corrected chi connectivity index (χ3v) is 2.17. The van der Waals surface area contributed by atoms with Crippen LogP contribution in [-0.2, 0) is 6.61 Å². The second-order valence-electron chi connectivity index (χ2n) is 3.36. The maximum atomic E-state index is 8.90. The fraction of sp³-hybridized carbons (Fsp3) is 0.167. The Labute approximate surface area is 99.1 Å². The fourth-order valence-electron chi connectivity index (χ4n) is 1.33. The van der Waals surface area contributed by atoms with Gasteiger partial charge in [-0.1, -0.05) is 5.21 Å². The zero-order valence-electron chi connectivity index (χ0n) is 9.38. The quantitative estimate of drug-likeness (QED) is 0.573. The third kappa shape index (κ3) is 2.62. The topological polar surface area (TPSA) is 63.0 Å². The number of aliphatic hydroxyl groups is 1. The van der Waals surface area contributed by atoms with Crippen LogP contribution in [0.15, 0.2) is 30.5 Å². The van der Waals surface area contributed by atoms with Crippen LogP contribution >= 0.6 is 0 Å². The Bertz CT molecular complexity index is 548. The summed E-state index contributed by atoms with van der Waals surface area (Å²) in [5.41, 5.74) is 2.35. The molecule has 1 heterocycles. The zero-order valence-corrected chi connectivity index (χ0v) is 9.38. The summed E-state index contributed by atoms with van der Waals surface area (Å²) in [4.78, 5) is 0. The van der Waals surface area contributed by atoms with Crippen molar-refractivity contribution in [1.82, 2.24) is 20.3 Å². The number of aliphatic hydroxyl groups excluding tert-OH is 1. The van der Waals surface area contributed by atoms with E-state index in [2.05, 4.69) is 27.6 Å².